The zero-order chi connectivity index (χ0) is 39.4. The first-order valence-corrected chi connectivity index (χ1v) is 23.7. The van der Waals surface area contributed by atoms with Crippen molar-refractivity contribution in [2.75, 3.05) is 13.2 Å². The zero-order valence-corrected chi connectivity index (χ0v) is 36.3. The van der Waals surface area contributed by atoms with Crippen LogP contribution in [0.15, 0.2) is 12.2 Å². The van der Waals surface area contributed by atoms with Crippen LogP contribution in [0.5, 0.6) is 0 Å². The lowest BCUT2D eigenvalue weighted by molar-refractivity contribution is -0.167. The summed E-state index contributed by atoms with van der Waals surface area (Å²) in [5, 5.41) is 0. The van der Waals surface area contributed by atoms with E-state index in [-0.39, 0.29) is 31.1 Å². The van der Waals surface area contributed by atoms with Crippen LogP contribution in [0.3, 0.4) is 0 Å². The highest BCUT2D eigenvalue weighted by molar-refractivity contribution is 5.71. The molecule has 0 radical (unpaired) electrons. The summed E-state index contributed by atoms with van der Waals surface area (Å²) >= 11 is 0. The molecule has 0 aliphatic rings. The largest absolute Gasteiger partial charge is 0.462 e. The molecule has 0 spiro atoms. The third-order valence-corrected chi connectivity index (χ3v) is 10.5. The second-order valence-corrected chi connectivity index (χ2v) is 16.0. The van der Waals surface area contributed by atoms with Gasteiger partial charge in [-0.05, 0) is 44.9 Å². The van der Waals surface area contributed by atoms with E-state index >= 15 is 0 Å². The molecule has 318 valence electrons. The molecule has 1 unspecified atom stereocenters. The average Bonchev–Trinajstić information content (AvgIpc) is 3.17. The molecule has 0 aliphatic carbocycles. The van der Waals surface area contributed by atoms with Crippen molar-refractivity contribution in [1.29, 1.82) is 0 Å². The van der Waals surface area contributed by atoms with Crippen molar-refractivity contribution in [3.05, 3.63) is 12.2 Å². The number of carbonyl (C=O) groups excluding carboxylic acids is 3. The van der Waals surface area contributed by atoms with E-state index in [0.29, 0.717) is 19.3 Å². The van der Waals surface area contributed by atoms with Crippen LogP contribution in [-0.2, 0) is 28.6 Å². The molecule has 0 saturated heterocycles. The van der Waals surface area contributed by atoms with Gasteiger partial charge in [-0.15, -0.1) is 0 Å². The van der Waals surface area contributed by atoms with E-state index in [9.17, 15) is 14.4 Å². The number of unbranched alkanes of at least 4 members (excludes halogenated alkanes) is 30. The molecule has 0 aromatic heterocycles. The number of hydrogen-bond donors (Lipinski definition) is 0. The summed E-state index contributed by atoms with van der Waals surface area (Å²) in [4.78, 5) is 37.7. The Morgan fingerprint density at radius 3 is 0.944 bits per heavy atom. The highest BCUT2D eigenvalue weighted by Gasteiger charge is 2.19. The monoisotopic (exact) mass is 763 g/mol. The van der Waals surface area contributed by atoms with Crippen LogP contribution in [0.25, 0.3) is 0 Å². The fraction of sp³-hybridized carbons (Fsp3) is 0.896. The third-order valence-electron chi connectivity index (χ3n) is 10.5. The topological polar surface area (TPSA) is 78.9 Å². The van der Waals surface area contributed by atoms with E-state index in [1.54, 1.807) is 0 Å². The van der Waals surface area contributed by atoms with Crippen molar-refractivity contribution in [1.82, 2.24) is 0 Å². The van der Waals surface area contributed by atoms with E-state index in [2.05, 4.69) is 32.9 Å². The van der Waals surface area contributed by atoms with Gasteiger partial charge < -0.3 is 14.2 Å². The second kappa shape index (κ2) is 43.9. The first-order valence-electron chi connectivity index (χ1n) is 23.7. The normalized spacial score (nSPS) is 12.0. The maximum atomic E-state index is 12.7. The smallest absolute Gasteiger partial charge is 0.306 e. The molecule has 1 atom stereocenters. The van der Waals surface area contributed by atoms with Crippen molar-refractivity contribution in [2.24, 2.45) is 0 Å². The van der Waals surface area contributed by atoms with Gasteiger partial charge in [-0.2, -0.15) is 0 Å². The average molecular weight is 763 g/mol. The summed E-state index contributed by atoms with van der Waals surface area (Å²) in [5.41, 5.74) is 0. The summed E-state index contributed by atoms with van der Waals surface area (Å²) in [6, 6.07) is 0. The van der Waals surface area contributed by atoms with Crippen LogP contribution < -0.4 is 0 Å². The molecule has 0 saturated carbocycles. The Kier molecular flexibility index (Phi) is 42.4. The fourth-order valence-electron chi connectivity index (χ4n) is 6.91. The van der Waals surface area contributed by atoms with Crippen molar-refractivity contribution < 1.29 is 28.6 Å². The van der Waals surface area contributed by atoms with Gasteiger partial charge in [0, 0.05) is 19.3 Å². The highest BCUT2D eigenvalue weighted by atomic mass is 16.6. The van der Waals surface area contributed by atoms with Gasteiger partial charge in [-0.25, -0.2) is 0 Å². The SMILES string of the molecule is CCCCCCCC/C=C\CCCCCC(=O)OCC(COC(=O)CCCCCCCCCCCCC)OC(=O)CCCCCCCCCCCCCC. The van der Waals surface area contributed by atoms with Crippen LogP contribution >= 0.6 is 0 Å². The Hall–Kier alpha value is -1.85. The molecule has 0 aromatic carbocycles. The lowest BCUT2D eigenvalue weighted by Crippen LogP contribution is -2.30. The van der Waals surface area contributed by atoms with E-state index in [4.69, 9.17) is 14.2 Å². The quantitative estimate of drug-likeness (QED) is 0.0266. The Balaban J connectivity index is 4.36. The van der Waals surface area contributed by atoms with Crippen LogP contribution in [-0.4, -0.2) is 37.2 Å². The molecular weight excluding hydrogens is 673 g/mol. The molecule has 6 nitrogen and oxygen atoms in total. The minimum absolute atomic E-state index is 0.0700. The Bertz CT molecular complexity index is 839. The Morgan fingerprint density at radius 1 is 0.352 bits per heavy atom. The molecule has 0 heterocycles. The van der Waals surface area contributed by atoms with Crippen molar-refractivity contribution >= 4 is 17.9 Å². The number of carbonyl (C=O) groups is 3. The molecule has 0 aliphatic heterocycles. The third kappa shape index (κ3) is 41.3. The van der Waals surface area contributed by atoms with E-state index in [1.165, 1.54) is 148 Å². The molecule has 0 amide bonds. The first kappa shape index (κ1) is 52.2. The van der Waals surface area contributed by atoms with Gasteiger partial charge in [0.05, 0.1) is 0 Å². The van der Waals surface area contributed by atoms with Gasteiger partial charge >= 0.3 is 17.9 Å². The van der Waals surface area contributed by atoms with E-state index < -0.39 is 6.10 Å². The standard InChI is InChI=1S/C48H90O6/c1-4-7-10-13-16-19-22-24-27-29-32-35-38-41-47(50)53-44-45(43-52-46(49)40-37-34-31-28-25-21-18-15-12-9-6-3)54-48(51)42-39-36-33-30-26-23-20-17-14-11-8-5-2/h24,27,45H,4-23,25-26,28-44H2,1-3H3/b27-24-. The molecular formula is C48H90O6. The number of esters is 3. The summed E-state index contributed by atoms with van der Waals surface area (Å²) in [6.07, 6.45) is 46.2. The summed E-state index contributed by atoms with van der Waals surface area (Å²) < 4.78 is 16.7. The van der Waals surface area contributed by atoms with Gasteiger partial charge in [0.2, 0.25) is 0 Å². The summed E-state index contributed by atoms with van der Waals surface area (Å²) in [7, 11) is 0. The second-order valence-electron chi connectivity index (χ2n) is 16.0. The van der Waals surface area contributed by atoms with Gasteiger partial charge in [0.25, 0.3) is 0 Å². The predicted molar refractivity (Wildman–Crippen MR) is 229 cm³/mol. The van der Waals surface area contributed by atoms with Crippen LogP contribution in [0.2, 0.25) is 0 Å². The molecule has 0 N–H and O–H groups in total. The van der Waals surface area contributed by atoms with Gasteiger partial charge in [0.1, 0.15) is 13.2 Å². The van der Waals surface area contributed by atoms with Gasteiger partial charge in [-0.1, -0.05) is 206 Å². The predicted octanol–water partition coefficient (Wildman–Crippen LogP) is 15.0. The van der Waals surface area contributed by atoms with E-state index in [1.807, 2.05) is 0 Å². The van der Waals surface area contributed by atoms with Crippen molar-refractivity contribution in [2.45, 2.75) is 264 Å². The lowest BCUT2D eigenvalue weighted by atomic mass is 10.0. The molecule has 0 bridgehead atoms. The minimum atomic E-state index is -0.767. The number of allylic oxidation sites excluding steroid dienone is 2. The van der Waals surface area contributed by atoms with Crippen molar-refractivity contribution in [3.8, 4) is 0 Å². The van der Waals surface area contributed by atoms with Crippen LogP contribution in [0.1, 0.15) is 258 Å². The lowest BCUT2D eigenvalue weighted by Gasteiger charge is -2.18. The Morgan fingerprint density at radius 2 is 0.611 bits per heavy atom. The van der Waals surface area contributed by atoms with Gasteiger partial charge in [-0.3, -0.25) is 14.4 Å². The summed E-state index contributed by atoms with van der Waals surface area (Å²) in [5.74, 6) is -0.878. The van der Waals surface area contributed by atoms with Crippen LogP contribution in [0.4, 0.5) is 0 Å². The zero-order valence-electron chi connectivity index (χ0n) is 36.3. The Labute approximate surface area is 335 Å². The van der Waals surface area contributed by atoms with Gasteiger partial charge in [0.15, 0.2) is 6.10 Å². The minimum Gasteiger partial charge on any atom is -0.462 e. The first-order chi connectivity index (χ1) is 26.5. The molecule has 0 rings (SSSR count). The molecule has 0 aromatic rings. The van der Waals surface area contributed by atoms with E-state index in [0.717, 1.165) is 70.6 Å². The number of rotatable bonds is 43. The number of hydrogen-bond acceptors (Lipinski definition) is 6. The fourth-order valence-corrected chi connectivity index (χ4v) is 6.91. The maximum Gasteiger partial charge on any atom is 0.306 e. The molecule has 6 heteroatoms. The maximum absolute atomic E-state index is 12.7. The summed E-state index contributed by atoms with van der Waals surface area (Å²) in [6.45, 7) is 6.62. The number of ether oxygens (including phenoxy) is 3. The van der Waals surface area contributed by atoms with Crippen molar-refractivity contribution in [3.63, 3.8) is 0 Å². The van der Waals surface area contributed by atoms with Crippen LogP contribution in [0, 0.1) is 0 Å². The molecule has 54 heavy (non-hydrogen) atoms. The highest BCUT2D eigenvalue weighted by Crippen LogP contribution is 2.15. The molecule has 0 fully saturated rings.